The van der Waals surface area contributed by atoms with E-state index in [1.807, 2.05) is 11.9 Å². The van der Waals surface area contributed by atoms with Gasteiger partial charge in [-0.15, -0.1) is 0 Å². The van der Waals surface area contributed by atoms with Gasteiger partial charge in [0, 0.05) is 25.6 Å². The third kappa shape index (κ3) is 2.52. The molecule has 1 N–H and O–H groups in total. The van der Waals surface area contributed by atoms with Crippen LogP contribution in [-0.4, -0.2) is 59.0 Å². The minimum absolute atomic E-state index is 0.0167. The van der Waals surface area contributed by atoms with E-state index in [-0.39, 0.29) is 23.9 Å². The fraction of sp³-hybridized carbons (Fsp3) is 0.818. The normalized spacial score (nSPS) is 25.9. The Kier molecular flexibility index (Phi) is 3.57. The van der Waals surface area contributed by atoms with Crippen LogP contribution in [0.3, 0.4) is 0 Å². The number of amides is 1. The third-order valence-corrected chi connectivity index (χ3v) is 3.34. The van der Waals surface area contributed by atoms with E-state index in [1.165, 1.54) is 0 Å². The van der Waals surface area contributed by atoms with Gasteiger partial charge >= 0.3 is 5.97 Å². The van der Waals surface area contributed by atoms with Crippen molar-refractivity contribution in [2.24, 2.45) is 0 Å². The molecule has 1 rings (SSSR count). The predicted molar refractivity (Wildman–Crippen MR) is 60.1 cm³/mol. The number of rotatable bonds is 3. The first-order valence-corrected chi connectivity index (χ1v) is 5.45. The highest BCUT2D eigenvalue weighted by Crippen LogP contribution is 2.25. The average molecular weight is 228 g/mol. The van der Waals surface area contributed by atoms with Crippen molar-refractivity contribution >= 4 is 11.9 Å². The molecule has 1 saturated heterocycles. The molecule has 0 spiro atoms. The minimum Gasteiger partial charge on any atom is -0.481 e. The number of hydrogen-bond donors (Lipinski definition) is 1. The minimum atomic E-state index is -0.854. The number of carbonyl (C=O) groups excluding carboxylic acids is 1. The van der Waals surface area contributed by atoms with Crippen molar-refractivity contribution in [3.8, 4) is 0 Å². The summed E-state index contributed by atoms with van der Waals surface area (Å²) in [5.74, 6) is -0.838. The third-order valence-electron chi connectivity index (χ3n) is 3.34. The lowest BCUT2D eigenvalue weighted by Gasteiger charge is -2.48. The van der Waals surface area contributed by atoms with Crippen LogP contribution in [0.1, 0.15) is 26.7 Å². The van der Waals surface area contributed by atoms with Gasteiger partial charge in [0.1, 0.15) is 0 Å². The maximum atomic E-state index is 11.9. The predicted octanol–water partition coefficient (Wildman–Crippen LogP) is 0.402. The lowest BCUT2D eigenvalue weighted by molar-refractivity contribution is -0.147. The SMILES string of the molecule is CN1CC(C)(C)N(C)C(CCC(=O)O)C1=O. The molecule has 0 aliphatic carbocycles. The van der Waals surface area contributed by atoms with Crippen LogP contribution in [0.5, 0.6) is 0 Å². The Hall–Kier alpha value is -1.10. The molecule has 1 unspecified atom stereocenters. The highest BCUT2D eigenvalue weighted by Gasteiger charge is 2.41. The van der Waals surface area contributed by atoms with Gasteiger partial charge in [0.15, 0.2) is 0 Å². The first-order chi connectivity index (χ1) is 7.25. The van der Waals surface area contributed by atoms with Crippen LogP contribution in [0.2, 0.25) is 0 Å². The zero-order valence-electron chi connectivity index (χ0n) is 10.4. The molecule has 92 valence electrons. The van der Waals surface area contributed by atoms with Gasteiger partial charge in [0.25, 0.3) is 0 Å². The summed E-state index contributed by atoms with van der Waals surface area (Å²) in [5.41, 5.74) is -0.105. The van der Waals surface area contributed by atoms with Crippen molar-refractivity contribution in [2.45, 2.75) is 38.3 Å². The lowest BCUT2D eigenvalue weighted by Crippen LogP contribution is -2.64. The summed E-state index contributed by atoms with van der Waals surface area (Å²) in [7, 11) is 3.66. The van der Waals surface area contributed by atoms with Crippen molar-refractivity contribution in [1.29, 1.82) is 0 Å². The summed E-state index contributed by atoms with van der Waals surface area (Å²) in [5, 5.41) is 8.67. The van der Waals surface area contributed by atoms with Crippen LogP contribution in [0.4, 0.5) is 0 Å². The van der Waals surface area contributed by atoms with Gasteiger partial charge in [-0.3, -0.25) is 14.5 Å². The Morgan fingerprint density at radius 3 is 2.56 bits per heavy atom. The number of likely N-dealkylation sites (N-methyl/N-ethyl adjacent to an activating group) is 2. The van der Waals surface area contributed by atoms with Gasteiger partial charge in [0.05, 0.1) is 6.04 Å². The Balaban J connectivity index is 2.78. The van der Waals surface area contributed by atoms with Gasteiger partial charge in [-0.05, 0) is 27.3 Å². The first kappa shape index (κ1) is 13.0. The van der Waals surface area contributed by atoms with Gasteiger partial charge in [-0.25, -0.2) is 0 Å². The molecule has 0 bridgehead atoms. The van der Waals surface area contributed by atoms with Crippen molar-refractivity contribution in [1.82, 2.24) is 9.80 Å². The van der Waals surface area contributed by atoms with E-state index in [9.17, 15) is 9.59 Å². The van der Waals surface area contributed by atoms with Crippen LogP contribution in [-0.2, 0) is 9.59 Å². The van der Waals surface area contributed by atoms with Crippen molar-refractivity contribution in [3.63, 3.8) is 0 Å². The molecule has 1 aliphatic rings. The van der Waals surface area contributed by atoms with E-state index in [4.69, 9.17) is 5.11 Å². The quantitative estimate of drug-likeness (QED) is 0.759. The standard InChI is InChI=1S/C11H20N2O3/c1-11(2)7-12(3)10(16)8(13(11)4)5-6-9(14)15/h8H,5-7H2,1-4H3,(H,14,15). The second-order valence-corrected chi connectivity index (χ2v) is 5.07. The Bertz CT molecular complexity index is 302. The molecule has 1 heterocycles. The molecule has 1 fully saturated rings. The summed E-state index contributed by atoms with van der Waals surface area (Å²) in [4.78, 5) is 26.2. The van der Waals surface area contributed by atoms with Gasteiger partial charge in [-0.1, -0.05) is 0 Å². The number of carboxylic acid groups (broad SMARTS) is 1. The van der Waals surface area contributed by atoms with Gasteiger partial charge in [0.2, 0.25) is 5.91 Å². The summed E-state index contributed by atoms with van der Waals surface area (Å²) in [6.07, 6.45) is 0.406. The molecule has 0 radical (unpaired) electrons. The molecule has 5 nitrogen and oxygen atoms in total. The lowest BCUT2D eigenvalue weighted by atomic mass is 9.93. The van der Waals surface area contributed by atoms with Crippen molar-refractivity contribution in [3.05, 3.63) is 0 Å². The van der Waals surface area contributed by atoms with Crippen LogP contribution < -0.4 is 0 Å². The fourth-order valence-electron chi connectivity index (χ4n) is 2.19. The summed E-state index contributed by atoms with van der Waals surface area (Å²) >= 11 is 0. The molecule has 0 aromatic heterocycles. The van der Waals surface area contributed by atoms with Crippen LogP contribution >= 0.6 is 0 Å². The molecule has 0 aromatic carbocycles. The summed E-state index contributed by atoms with van der Waals surface area (Å²) < 4.78 is 0. The maximum absolute atomic E-state index is 11.9. The van der Waals surface area contributed by atoms with E-state index in [0.717, 1.165) is 0 Å². The number of carboxylic acids is 1. The number of hydrogen-bond acceptors (Lipinski definition) is 3. The monoisotopic (exact) mass is 228 g/mol. The van der Waals surface area contributed by atoms with E-state index < -0.39 is 5.97 Å². The zero-order chi connectivity index (χ0) is 12.5. The van der Waals surface area contributed by atoms with E-state index in [1.54, 1.807) is 11.9 Å². The molecule has 0 aromatic rings. The molecule has 0 saturated carbocycles. The van der Waals surface area contributed by atoms with Crippen molar-refractivity contribution < 1.29 is 14.7 Å². The summed E-state index contributed by atoms with van der Waals surface area (Å²) in [6, 6.07) is -0.315. The molecule has 1 amide bonds. The second kappa shape index (κ2) is 4.41. The van der Waals surface area contributed by atoms with E-state index >= 15 is 0 Å². The molecule has 5 heteroatoms. The molecule has 1 aliphatic heterocycles. The van der Waals surface area contributed by atoms with Crippen molar-refractivity contribution in [2.75, 3.05) is 20.6 Å². The highest BCUT2D eigenvalue weighted by molar-refractivity contribution is 5.83. The average Bonchev–Trinajstić information content (AvgIpc) is 2.14. The fourth-order valence-corrected chi connectivity index (χ4v) is 2.19. The number of piperazine rings is 1. The van der Waals surface area contributed by atoms with Gasteiger partial charge < -0.3 is 10.0 Å². The van der Waals surface area contributed by atoms with E-state index in [2.05, 4.69) is 13.8 Å². The second-order valence-electron chi connectivity index (χ2n) is 5.07. The summed E-state index contributed by atoms with van der Waals surface area (Å²) in [6.45, 7) is 4.79. The topological polar surface area (TPSA) is 60.9 Å². The number of aliphatic carboxylic acids is 1. The van der Waals surface area contributed by atoms with Gasteiger partial charge in [-0.2, -0.15) is 0 Å². The number of nitrogens with zero attached hydrogens (tertiary/aromatic N) is 2. The smallest absolute Gasteiger partial charge is 0.303 e. The largest absolute Gasteiger partial charge is 0.481 e. The molecular formula is C11H20N2O3. The number of carbonyl (C=O) groups is 2. The highest BCUT2D eigenvalue weighted by atomic mass is 16.4. The molecular weight excluding hydrogens is 208 g/mol. The Morgan fingerprint density at radius 2 is 2.06 bits per heavy atom. The molecule has 1 atom stereocenters. The Labute approximate surface area is 96.0 Å². The van der Waals surface area contributed by atoms with Crippen LogP contribution in [0.15, 0.2) is 0 Å². The van der Waals surface area contributed by atoms with Crippen LogP contribution in [0.25, 0.3) is 0 Å². The van der Waals surface area contributed by atoms with E-state index in [0.29, 0.717) is 13.0 Å². The first-order valence-electron chi connectivity index (χ1n) is 5.45. The van der Waals surface area contributed by atoms with Crippen LogP contribution in [0, 0.1) is 0 Å². The Morgan fingerprint density at radius 1 is 1.50 bits per heavy atom. The zero-order valence-corrected chi connectivity index (χ0v) is 10.4. The molecule has 16 heavy (non-hydrogen) atoms. The maximum Gasteiger partial charge on any atom is 0.303 e.